The predicted molar refractivity (Wildman–Crippen MR) is 57.5 cm³/mol. The lowest BCUT2D eigenvalue weighted by molar-refractivity contribution is 0.299. The Kier molecular flexibility index (Phi) is 7.13. The molecule has 86 valence electrons. The summed E-state index contributed by atoms with van der Waals surface area (Å²) in [4.78, 5) is 0. The quantitative estimate of drug-likeness (QED) is 0.497. The van der Waals surface area contributed by atoms with Gasteiger partial charge in [0.2, 0.25) is 0 Å². The van der Waals surface area contributed by atoms with E-state index in [1.807, 2.05) is 0 Å². The average molecular weight is 223 g/mol. The highest BCUT2D eigenvalue weighted by molar-refractivity contribution is 7.85. The molecular weight excluding hydrogens is 202 g/mol. The highest BCUT2D eigenvalue weighted by atomic mass is 32.2. The van der Waals surface area contributed by atoms with Gasteiger partial charge in [-0.15, -0.1) is 0 Å². The van der Waals surface area contributed by atoms with Gasteiger partial charge in [-0.05, 0) is 12.8 Å². The van der Waals surface area contributed by atoms with Gasteiger partial charge in [-0.2, -0.15) is 8.42 Å². The van der Waals surface area contributed by atoms with Crippen LogP contribution in [-0.2, 0) is 14.3 Å². The molecule has 14 heavy (non-hydrogen) atoms. The van der Waals surface area contributed by atoms with Crippen molar-refractivity contribution in [1.29, 1.82) is 0 Å². The fourth-order valence-electron chi connectivity index (χ4n) is 1.15. The van der Waals surface area contributed by atoms with Crippen LogP contribution in [-0.4, -0.2) is 27.3 Å². The molecule has 1 atom stereocenters. The Morgan fingerprint density at radius 3 is 2.43 bits per heavy atom. The number of unbranched alkanes of at least 4 members (excludes halogenated alkanes) is 2. The van der Waals surface area contributed by atoms with Crippen LogP contribution in [0.25, 0.3) is 0 Å². The molecule has 0 saturated heterocycles. The summed E-state index contributed by atoms with van der Waals surface area (Å²) in [6.07, 6.45) is 6.07. The van der Waals surface area contributed by atoms with Crippen molar-refractivity contribution in [3.63, 3.8) is 0 Å². The lowest BCUT2D eigenvalue weighted by atomic mass is 10.1. The zero-order chi connectivity index (χ0) is 11.0. The zero-order valence-corrected chi connectivity index (χ0v) is 9.85. The van der Waals surface area contributed by atoms with Gasteiger partial charge in [0.1, 0.15) is 0 Å². The second kappa shape index (κ2) is 7.20. The van der Waals surface area contributed by atoms with Crippen molar-refractivity contribution < 1.29 is 12.6 Å². The van der Waals surface area contributed by atoms with Gasteiger partial charge in [0.15, 0.2) is 0 Å². The van der Waals surface area contributed by atoms with Crippen molar-refractivity contribution in [1.82, 2.24) is 0 Å². The van der Waals surface area contributed by atoms with Gasteiger partial charge >= 0.3 is 0 Å². The van der Waals surface area contributed by atoms with Gasteiger partial charge < -0.3 is 5.73 Å². The van der Waals surface area contributed by atoms with E-state index < -0.39 is 10.1 Å². The molecule has 0 aromatic heterocycles. The van der Waals surface area contributed by atoms with Crippen LogP contribution in [0.2, 0.25) is 0 Å². The lowest BCUT2D eigenvalue weighted by Gasteiger charge is -2.10. The maximum Gasteiger partial charge on any atom is 0.264 e. The highest BCUT2D eigenvalue weighted by Crippen LogP contribution is 2.04. The summed E-state index contributed by atoms with van der Waals surface area (Å²) in [5.74, 6) is 0. The van der Waals surface area contributed by atoms with Gasteiger partial charge in [-0.25, -0.2) is 0 Å². The van der Waals surface area contributed by atoms with Crippen molar-refractivity contribution in [3.8, 4) is 0 Å². The summed E-state index contributed by atoms with van der Waals surface area (Å²) < 4.78 is 25.8. The summed E-state index contributed by atoms with van der Waals surface area (Å²) in [7, 11) is -3.30. The molecule has 0 spiro atoms. The van der Waals surface area contributed by atoms with Crippen LogP contribution < -0.4 is 5.73 Å². The fourth-order valence-corrected chi connectivity index (χ4v) is 1.55. The molecule has 0 aliphatic heterocycles. The third-order valence-corrected chi connectivity index (χ3v) is 2.56. The van der Waals surface area contributed by atoms with Crippen molar-refractivity contribution in [3.05, 3.63) is 0 Å². The van der Waals surface area contributed by atoms with Crippen LogP contribution in [0.1, 0.15) is 39.0 Å². The standard InChI is InChI=1S/C9H21NO3S/c1-3-4-5-6-9(10)7-8-13-14(2,11)12/h9H,3-8,10H2,1-2H3. The molecule has 0 fully saturated rings. The van der Waals surface area contributed by atoms with Gasteiger partial charge in [0.25, 0.3) is 10.1 Å². The first-order chi connectivity index (χ1) is 6.45. The van der Waals surface area contributed by atoms with E-state index in [1.165, 1.54) is 12.8 Å². The smallest absolute Gasteiger partial charge is 0.264 e. The largest absolute Gasteiger partial charge is 0.328 e. The Balaban J connectivity index is 3.40. The minimum atomic E-state index is -3.30. The molecular formula is C9H21NO3S. The Morgan fingerprint density at radius 1 is 1.29 bits per heavy atom. The third kappa shape index (κ3) is 9.95. The molecule has 5 heteroatoms. The van der Waals surface area contributed by atoms with Gasteiger partial charge in [0.05, 0.1) is 12.9 Å². The monoisotopic (exact) mass is 223 g/mol. The Hall–Kier alpha value is -0.130. The van der Waals surface area contributed by atoms with E-state index in [0.717, 1.165) is 19.1 Å². The Morgan fingerprint density at radius 2 is 1.93 bits per heavy atom. The Labute approximate surface area is 86.9 Å². The van der Waals surface area contributed by atoms with Crippen LogP contribution in [0, 0.1) is 0 Å². The van der Waals surface area contributed by atoms with E-state index in [4.69, 9.17) is 5.73 Å². The van der Waals surface area contributed by atoms with Crippen molar-refractivity contribution in [2.45, 2.75) is 45.1 Å². The SMILES string of the molecule is CCCCCC(N)CCOS(C)(=O)=O. The number of hydrogen-bond acceptors (Lipinski definition) is 4. The molecule has 0 aliphatic rings. The molecule has 0 aromatic carbocycles. The van der Waals surface area contributed by atoms with Crippen LogP contribution in [0.15, 0.2) is 0 Å². The second-order valence-electron chi connectivity index (χ2n) is 3.57. The maximum atomic E-state index is 10.6. The van der Waals surface area contributed by atoms with Crippen molar-refractivity contribution >= 4 is 10.1 Å². The number of nitrogens with two attached hydrogens (primary N) is 1. The van der Waals surface area contributed by atoms with E-state index in [-0.39, 0.29) is 12.6 Å². The first-order valence-corrected chi connectivity index (χ1v) is 6.87. The molecule has 0 aliphatic carbocycles. The zero-order valence-electron chi connectivity index (χ0n) is 9.03. The van der Waals surface area contributed by atoms with Crippen molar-refractivity contribution in [2.75, 3.05) is 12.9 Å². The van der Waals surface area contributed by atoms with Gasteiger partial charge in [-0.3, -0.25) is 4.18 Å². The summed E-state index contributed by atoms with van der Waals surface area (Å²) in [5.41, 5.74) is 5.77. The highest BCUT2D eigenvalue weighted by Gasteiger charge is 2.05. The molecule has 0 amide bonds. The van der Waals surface area contributed by atoms with Crippen LogP contribution in [0.3, 0.4) is 0 Å². The van der Waals surface area contributed by atoms with Crippen molar-refractivity contribution in [2.24, 2.45) is 5.73 Å². The molecule has 0 heterocycles. The second-order valence-corrected chi connectivity index (χ2v) is 5.21. The normalized spacial score (nSPS) is 14.2. The van der Waals surface area contributed by atoms with E-state index >= 15 is 0 Å². The van der Waals surface area contributed by atoms with E-state index in [9.17, 15) is 8.42 Å². The lowest BCUT2D eigenvalue weighted by Crippen LogP contribution is -2.22. The summed E-state index contributed by atoms with van der Waals surface area (Å²) in [6.45, 7) is 2.34. The fraction of sp³-hybridized carbons (Fsp3) is 1.00. The molecule has 0 rings (SSSR count). The maximum absolute atomic E-state index is 10.6. The van der Waals surface area contributed by atoms with Crippen LogP contribution in [0.5, 0.6) is 0 Å². The summed E-state index contributed by atoms with van der Waals surface area (Å²) >= 11 is 0. The topological polar surface area (TPSA) is 69.4 Å². The predicted octanol–water partition coefficient (Wildman–Crippen LogP) is 1.26. The molecule has 1 unspecified atom stereocenters. The van der Waals surface area contributed by atoms with Crippen LogP contribution in [0.4, 0.5) is 0 Å². The minimum Gasteiger partial charge on any atom is -0.328 e. The molecule has 0 aromatic rings. The van der Waals surface area contributed by atoms with Crippen LogP contribution >= 0.6 is 0 Å². The third-order valence-electron chi connectivity index (χ3n) is 1.96. The molecule has 0 radical (unpaired) electrons. The summed E-state index contributed by atoms with van der Waals surface area (Å²) in [5, 5.41) is 0. The van der Waals surface area contributed by atoms with E-state index in [2.05, 4.69) is 11.1 Å². The van der Waals surface area contributed by atoms with E-state index in [1.54, 1.807) is 0 Å². The van der Waals surface area contributed by atoms with Gasteiger partial charge in [0, 0.05) is 6.04 Å². The first kappa shape index (κ1) is 13.9. The molecule has 0 saturated carbocycles. The molecule has 0 bridgehead atoms. The Bertz CT molecular complexity index is 226. The van der Waals surface area contributed by atoms with Gasteiger partial charge in [-0.1, -0.05) is 26.2 Å². The first-order valence-electron chi connectivity index (χ1n) is 5.05. The average Bonchev–Trinajstić information content (AvgIpc) is 2.02. The number of hydrogen-bond donors (Lipinski definition) is 1. The van der Waals surface area contributed by atoms with E-state index in [0.29, 0.717) is 6.42 Å². The summed E-state index contributed by atoms with van der Waals surface area (Å²) in [6, 6.07) is 0.0586. The molecule has 2 N–H and O–H groups in total. The minimum absolute atomic E-state index is 0.0586. The number of rotatable bonds is 8. The molecule has 4 nitrogen and oxygen atoms in total.